The van der Waals surface area contributed by atoms with Crippen LogP contribution in [-0.2, 0) is 4.79 Å². The predicted octanol–water partition coefficient (Wildman–Crippen LogP) is 1.70. The SMILES string of the molecule is COc1cc(N2C[C@H](C)C2=O)cc(OC)c1OC. The lowest BCUT2D eigenvalue weighted by molar-refractivity contribution is -0.126. The zero-order valence-electron chi connectivity index (χ0n) is 11.0. The van der Waals surface area contributed by atoms with E-state index in [-0.39, 0.29) is 11.8 Å². The lowest BCUT2D eigenvalue weighted by atomic mass is 10.00. The molecule has 0 radical (unpaired) electrons. The Morgan fingerprint density at radius 3 is 2.00 bits per heavy atom. The van der Waals surface area contributed by atoms with Crippen LogP contribution in [0.3, 0.4) is 0 Å². The predicted molar refractivity (Wildman–Crippen MR) is 67.6 cm³/mol. The van der Waals surface area contributed by atoms with Crippen molar-refractivity contribution in [1.82, 2.24) is 0 Å². The van der Waals surface area contributed by atoms with Crippen LogP contribution in [0.1, 0.15) is 6.92 Å². The van der Waals surface area contributed by atoms with Crippen LogP contribution in [0.4, 0.5) is 5.69 Å². The smallest absolute Gasteiger partial charge is 0.231 e. The Hall–Kier alpha value is -1.91. The fourth-order valence-corrected chi connectivity index (χ4v) is 2.05. The highest BCUT2D eigenvalue weighted by atomic mass is 16.5. The molecule has 1 atom stereocenters. The molecule has 1 aromatic rings. The summed E-state index contributed by atoms with van der Waals surface area (Å²) in [6.45, 7) is 2.63. The second kappa shape index (κ2) is 4.76. The van der Waals surface area contributed by atoms with Crippen LogP contribution in [-0.4, -0.2) is 33.8 Å². The number of β-lactam (4-membered cyclic amide) rings is 1. The van der Waals surface area contributed by atoms with E-state index in [9.17, 15) is 4.79 Å². The van der Waals surface area contributed by atoms with Gasteiger partial charge >= 0.3 is 0 Å². The Balaban J connectivity index is 2.41. The van der Waals surface area contributed by atoms with Crippen molar-refractivity contribution in [3.63, 3.8) is 0 Å². The van der Waals surface area contributed by atoms with Crippen molar-refractivity contribution in [1.29, 1.82) is 0 Å². The summed E-state index contributed by atoms with van der Waals surface area (Å²) in [6, 6.07) is 3.57. The molecule has 5 heteroatoms. The summed E-state index contributed by atoms with van der Waals surface area (Å²) in [5, 5.41) is 0. The maximum atomic E-state index is 11.7. The first-order chi connectivity index (χ1) is 8.62. The Morgan fingerprint density at radius 1 is 1.11 bits per heavy atom. The summed E-state index contributed by atoms with van der Waals surface area (Å²) in [4.78, 5) is 13.4. The van der Waals surface area contributed by atoms with E-state index in [1.165, 1.54) is 0 Å². The van der Waals surface area contributed by atoms with Gasteiger partial charge in [0.05, 0.1) is 32.9 Å². The zero-order chi connectivity index (χ0) is 13.3. The van der Waals surface area contributed by atoms with Crippen LogP contribution in [0.25, 0.3) is 0 Å². The van der Waals surface area contributed by atoms with Gasteiger partial charge in [-0.3, -0.25) is 4.79 Å². The van der Waals surface area contributed by atoms with E-state index in [1.807, 2.05) is 6.92 Å². The highest BCUT2D eigenvalue weighted by Gasteiger charge is 2.34. The number of benzene rings is 1. The van der Waals surface area contributed by atoms with Crippen LogP contribution in [0.15, 0.2) is 12.1 Å². The molecule has 18 heavy (non-hydrogen) atoms. The Bertz CT molecular complexity index is 447. The van der Waals surface area contributed by atoms with Crippen molar-refractivity contribution in [3.8, 4) is 17.2 Å². The summed E-state index contributed by atoms with van der Waals surface area (Å²) in [6.07, 6.45) is 0. The van der Waals surface area contributed by atoms with Gasteiger partial charge in [-0.2, -0.15) is 0 Å². The van der Waals surface area contributed by atoms with Gasteiger partial charge in [0.25, 0.3) is 0 Å². The monoisotopic (exact) mass is 251 g/mol. The molecular formula is C13H17NO4. The fraction of sp³-hybridized carbons (Fsp3) is 0.462. The number of carbonyl (C=O) groups is 1. The highest BCUT2D eigenvalue weighted by molar-refractivity contribution is 6.01. The Labute approximate surface area is 106 Å². The number of hydrogen-bond acceptors (Lipinski definition) is 4. The quantitative estimate of drug-likeness (QED) is 0.764. The fourth-order valence-electron chi connectivity index (χ4n) is 2.05. The Morgan fingerprint density at radius 2 is 1.67 bits per heavy atom. The molecule has 0 aromatic heterocycles. The molecule has 5 nitrogen and oxygen atoms in total. The third-order valence-corrected chi connectivity index (χ3v) is 3.11. The highest BCUT2D eigenvalue weighted by Crippen LogP contribution is 2.42. The second-order valence-corrected chi connectivity index (χ2v) is 4.23. The van der Waals surface area contributed by atoms with Gasteiger partial charge in [-0.25, -0.2) is 0 Å². The van der Waals surface area contributed by atoms with Gasteiger partial charge in [0.1, 0.15) is 0 Å². The summed E-state index contributed by atoms with van der Waals surface area (Å²) >= 11 is 0. The first-order valence-corrected chi connectivity index (χ1v) is 5.73. The first kappa shape index (κ1) is 12.5. The maximum Gasteiger partial charge on any atom is 0.231 e. The number of ether oxygens (including phenoxy) is 3. The van der Waals surface area contributed by atoms with Crippen molar-refractivity contribution in [2.45, 2.75) is 6.92 Å². The van der Waals surface area contributed by atoms with Crippen molar-refractivity contribution in [2.75, 3.05) is 32.8 Å². The van der Waals surface area contributed by atoms with Gasteiger partial charge in [0.15, 0.2) is 11.5 Å². The minimum Gasteiger partial charge on any atom is -0.493 e. The van der Waals surface area contributed by atoms with E-state index in [4.69, 9.17) is 14.2 Å². The normalized spacial score (nSPS) is 18.3. The molecule has 0 saturated carbocycles. The van der Waals surface area contributed by atoms with Gasteiger partial charge in [-0.1, -0.05) is 6.92 Å². The third kappa shape index (κ3) is 1.85. The number of anilines is 1. The minimum atomic E-state index is 0.0871. The van der Waals surface area contributed by atoms with E-state index in [2.05, 4.69) is 0 Å². The standard InChI is InChI=1S/C13H17NO4/c1-8-7-14(13(8)15)9-5-10(16-2)12(18-4)11(6-9)17-3/h5-6,8H,7H2,1-4H3/t8-/m0/s1. The third-order valence-electron chi connectivity index (χ3n) is 3.11. The van der Waals surface area contributed by atoms with E-state index in [0.29, 0.717) is 17.2 Å². The number of nitrogens with zero attached hydrogens (tertiary/aromatic N) is 1. The molecule has 2 rings (SSSR count). The summed E-state index contributed by atoms with van der Waals surface area (Å²) in [5.41, 5.74) is 0.771. The number of rotatable bonds is 4. The molecule has 1 amide bonds. The summed E-state index contributed by atoms with van der Waals surface area (Å²) in [5.74, 6) is 1.84. The van der Waals surface area contributed by atoms with Gasteiger partial charge in [-0.05, 0) is 0 Å². The summed E-state index contributed by atoms with van der Waals surface area (Å²) in [7, 11) is 4.67. The number of carbonyl (C=O) groups excluding carboxylic acids is 1. The minimum absolute atomic E-state index is 0.0871. The number of amides is 1. The van der Waals surface area contributed by atoms with Gasteiger partial charge < -0.3 is 19.1 Å². The Kier molecular flexibility index (Phi) is 3.32. The van der Waals surface area contributed by atoms with Crippen molar-refractivity contribution < 1.29 is 19.0 Å². The van der Waals surface area contributed by atoms with Crippen molar-refractivity contribution >= 4 is 11.6 Å². The van der Waals surface area contributed by atoms with Crippen LogP contribution in [0.5, 0.6) is 17.2 Å². The van der Waals surface area contributed by atoms with E-state index in [0.717, 1.165) is 12.2 Å². The molecule has 1 aliphatic rings. The average molecular weight is 251 g/mol. The lowest BCUT2D eigenvalue weighted by Crippen LogP contribution is -2.51. The first-order valence-electron chi connectivity index (χ1n) is 5.73. The van der Waals surface area contributed by atoms with Crippen LogP contribution in [0, 0.1) is 5.92 Å². The maximum absolute atomic E-state index is 11.7. The van der Waals surface area contributed by atoms with Crippen molar-refractivity contribution in [2.24, 2.45) is 5.92 Å². The van der Waals surface area contributed by atoms with Crippen LogP contribution >= 0.6 is 0 Å². The molecule has 0 aliphatic carbocycles. The molecule has 1 heterocycles. The largest absolute Gasteiger partial charge is 0.493 e. The molecular weight excluding hydrogens is 234 g/mol. The molecule has 0 bridgehead atoms. The van der Waals surface area contributed by atoms with E-state index < -0.39 is 0 Å². The van der Waals surface area contributed by atoms with E-state index in [1.54, 1.807) is 38.4 Å². The zero-order valence-corrected chi connectivity index (χ0v) is 11.0. The van der Waals surface area contributed by atoms with E-state index >= 15 is 0 Å². The molecule has 1 aliphatic heterocycles. The molecule has 1 saturated heterocycles. The van der Waals surface area contributed by atoms with Crippen LogP contribution < -0.4 is 19.1 Å². The summed E-state index contributed by atoms with van der Waals surface area (Å²) < 4.78 is 15.8. The molecule has 0 unspecified atom stereocenters. The molecule has 0 spiro atoms. The van der Waals surface area contributed by atoms with Crippen LogP contribution in [0.2, 0.25) is 0 Å². The van der Waals surface area contributed by atoms with Gasteiger partial charge in [0, 0.05) is 18.7 Å². The second-order valence-electron chi connectivity index (χ2n) is 4.23. The topological polar surface area (TPSA) is 48.0 Å². The molecule has 0 N–H and O–H groups in total. The van der Waals surface area contributed by atoms with Gasteiger partial charge in [-0.15, -0.1) is 0 Å². The molecule has 98 valence electrons. The lowest BCUT2D eigenvalue weighted by Gasteiger charge is -2.36. The number of hydrogen-bond donors (Lipinski definition) is 0. The average Bonchev–Trinajstić information content (AvgIpc) is 2.42. The van der Waals surface area contributed by atoms with Crippen molar-refractivity contribution in [3.05, 3.63) is 12.1 Å². The molecule has 1 fully saturated rings. The van der Waals surface area contributed by atoms with Gasteiger partial charge in [0.2, 0.25) is 11.7 Å². The number of methoxy groups -OCH3 is 3. The molecule has 1 aromatic carbocycles.